The molecule has 0 saturated carbocycles. The third-order valence-electron chi connectivity index (χ3n) is 3.58. The number of nitrogen functional groups attached to an aromatic ring is 1. The Labute approximate surface area is 149 Å². The zero-order valence-electron chi connectivity index (χ0n) is 11.8. The summed E-state index contributed by atoms with van der Waals surface area (Å²) in [5.74, 6) is -1.02. The highest BCUT2D eigenvalue weighted by molar-refractivity contribution is 9.10. The lowest BCUT2D eigenvalue weighted by Crippen LogP contribution is -2.08. The van der Waals surface area contributed by atoms with E-state index in [1.165, 1.54) is 12.1 Å². The van der Waals surface area contributed by atoms with E-state index in [0.29, 0.717) is 20.4 Å². The monoisotopic (exact) mass is 414 g/mol. The summed E-state index contributed by atoms with van der Waals surface area (Å²) in [6, 6.07) is 5.23. The van der Waals surface area contributed by atoms with E-state index in [-0.39, 0.29) is 21.8 Å². The van der Waals surface area contributed by atoms with Crippen molar-refractivity contribution in [2.24, 2.45) is 0 Å². The summed E-state index contributed by atoms with van der Waals surface area (Å²) < 4.78 is 13.9. The lowest BCUT2D eigenvalue weighted by atomic mass is 10.00. The van der Waals surface area contributed by atoms with Crippen molar-refractivity contribution < 1.29 is 9.18 Å². The van der Waals surface area contributed by atoms with E-state index in [4.69, 9.17) is 28.9 Å². The lowest BCUT2D eigenvalue weighted by molar-refractivity contribution is 0.103. The number of halogens is 4. The van der Waals surface area contributed by atoms with Gasteiger partial charge in [-0.2, -0.15) is 0 Å². The number of rotatable bonds is 2. The summed E-state index contributed by atoms with van der Waals surface area (Å²) in [6.07, 6.45) is 0. The first-order valence-corrected chi connectivity index (χ1v) is 8.11. The van der Waals surface area contributed by atoms with Gasteiger partial charge in [-0.05, 0) is 47.1 Å². The second-order valence-corrected chi connectivity index (χ2v) is 6.67. The van der Waals surface area contributed by atoms with E-state index >= 15 is 0 Å². The molecule has 23 heavy (non-hydrogen) atoms. The minimum absolute atomic E-state index is 0.0489. The number of ketones is 1. The molecule has 0 aliphatic rings. The molecular weight excluding hydrogens is 406 g/mol. The quantitative estimate of drug-likeness (QED) is 0.429. The van der Waals surface area contributed by atoms with Crippen molar-refractivity contribution in [1.29, 1.82) is 0 Å². The first-order valence-electron chi connectivity index (χ1n) is 6.56. The topological polar surface area (TPSA) is 58.9 Å². The predicted molar refractivity (Wildman–Crippen MR) is 95.0 cm³/mol. The van der Waals surface area contributed by atoms with Gasteiger partial charge in [-0.3, -0.25) is 4.79 Å². The Balaban J connectivity index is 2.27. The van der Waals surface area contributed by atoms with Crippen LogP contribution in [0.4, 0.5) is 10.1 Å². The fourth-order valence-corrected chi connectivity index (χ4v) is 3.57. The van der Waals surface area contributed by atoms with Gasteiger partial charge in [-0.15, -0.1) is 0 Å². The van der Waals surface area contributed by atoms with E-state index < -0.39 is 11.6 Å². The molecule has 0 atom stereocenters. The molecule has 3 N–H and O–H groups in total. The molecule has 0 spiro atoms. The number of nitrogens with one attached hydrogen (secondary N) is 1. The normalized spacial score (nSPS) is 11.2. The number of aromatic nitrogens is 1. The summed E-state index contributed by atoms with van der Waals surface area (Å²) in [7, 11) is 0. The van der Waals surface area contributed by atoms with Crippen LogP contribution < -0.4 is 5.73 Å². The average Bonchev–Trinajstić information content (AvgIpc) is 2.78. The van der Waals surface area contributed by atoms with Crippen LogP contribution in [-0.4, -0.2) is 10.8 Å². The Kier molecular flexibility index (Phi) is 4.12. The number of carbonyl (C=O) groups is 1. The number of H-pyrrole nitrogens is 1. The maximum absolute atomic E-state index is 13.5. The van der Waals surface area contributed by atoms with Gasteiger partial charge < -0.3 is 10.7 Å². The Morgan fingerprint density at radius 1 is 1.30 bits per heavy atom. The number of fused-ring (bicyclic) bond motifs is 1. The van der Waals surface area contributed by atoms with Gasteiger partial charge in [0.25, 0.3) is 0 Å². The molecule has 0 saturated heterocycles. The van der Waals surface area contributed by atoms with Gasteiger partial charge in [-0.25, -0.2) is 4.39 Å². The Bertz CT molecular complexity index is 969. The van der Waals surface area contributed by atoms with E-state index in [2.05, 4.69) is 20.9 Å². The Morgan fingerprint density at radius 2 is 2.00 bits per heavy atom. The first kappa shape index (κ1) is 16.3. The van der Waals surface area contributed by atoms with Gasteiger partial charge in [0, 0.05) is 22.3 Å². The zero-order chi connectivity index (χ0) is 16.9. The van der Waals surface area contributed by atoms with Crippen LogP contribution in [0.5, 0.6) is 0 Å². The molecule has 118 valence electrons. The van der Waals surface area contributed by atoms with Crippen molar-refractivity contribution in [3.05, 3.63) is 61.4 Å². The molecule has 0 aliphatic heterocycles. The van der Waals surface area contributed by atoms with Crippen LogP contribution in [0.25, 0.3) is 10.9 Å². The molecular formula is C16H10BrCl2FN2O. The van der Waals surface area contributed by atoms with Crippen LogP contribution in [0.1, 0.15) is 21.6 Å². The highest BCUT2D eigenvalue weighted by Gasteiger charge is 2.23. The standard InChI is InChI=1S/C16H10BrCl2FN2O/c1-6-14(19)9-5-11(21)12(13(17)15(9)22-6)16(23)8-4-7(20)2-3-10(8)18/h2-5,22H,21H2,1H3. The minimum atomic E-state index is -0.549. The van der Waals surface area contributed by atoms with Crippen molar-refractivity contribution in [2.75, 3.05) is 5.73 Å². The second-order valence-electron chi connectivity index (χ2n) is 5.09. The highest BCUT2D eigenvalue weighted by Crippen LogP contribution is 2.38. The van der Waals surface area contributed by atoms with Gasteiger partial charge in [0.2, 0.25) is 0 Å². The fourth-order valence-electron chi connectivity index (χ4n) is 2.45. The molecule has 2 aromatic carbocycles. The summed E-state index contributed by atoms with van der Waals surface area (Å²) >= 11 is 15.6. The Hall–Kier alpha value is -1.56. The molecule has 7 heteroatoms. The van der Waals surface area contributed by atoms with Crippen LogP contribution in [0.15, 0.2) is 28.7 Å². The lowest BCUT2D eigenvalue weighted by Gasteiger charge is -2.10. The van der Waals surface area contributed by atoms with Crippen LogP contribution in [0.3, 0.4) is 0 Å². The molecule has 3 aromatic rings. The molecule has 3 nitrogen and oxygen atoms in total. The largest absolute Gasteiger partial charge is 0.398 e. The number of benzene rings is 2. The molecule has 0 aliphatic carbocycles. The third kappa shape index (κ3) is 2.63. The molecule has 1 heterocycles. The van der Waals surface area contributed by atoms with E-state index in [1.807, 2.05) is 6.92 Å². The van der Waals surface area contributed by atoms with Crippen molar-refractivity contribution in [1.82, 2.24) is 4.98 Å². The number of anilines is 1. The molecule has 0 bridgehead atoms. The average molecular weight is 416 g/mol. The van der Waals surface area contributed by atoms with Gasteiger partial charge in [-0.1, -0.05) is 23.2 Å². The summed E-state index contributed by atoms with van der Waals surface area (Å²) in [4.78, 5) is 15.9. The van der Waals surface area contributed by atoms with Crippen LogP contribution in [0, 0.1) is 12.7 Å². The second kappa shape index (κ2) is 5.82. The van der Waals surface area contributed by atoms with Crippen molar-refractivity contribution in [2.45, 2.75) is 6.92 Å². The Morgan fingerprint density at radius 3 is 2.70 bits per heavy atom. The SMILES string of the molecule is Cc1[nH]c2c(Br)c(C(=O)c3cc(F)ccc3Cl)c(N)cc2c1Cl. The number of carbonyl (C=O) groups excluding carboxylic acids is 1. The van der Waals surface area contributed by atoms with Gasteiger partial charge in [0.15, 0.2) is 5.78 Å². The first-order chi connectivity index (χ1) is 10.8. The minimum Gasteiger partial charge on any atom is -0.398 e. The number of hydrogen-bond acceptors (Lipinski definition) is 2. The molecule has 0 unspecified atom stereocenters. The molecule has 1 aromatic heterocycles. The predicted octanol–water partition coefficient (Wildman–Crippen LogP) is 5.50. The van der Waals surface area contributed by atoms with Crippen molar-refractivity contribution >= 4 is 61.5 Å². The van der Waals surface area contributed by atoms with Crippen LogP contribution in [-0.2, 0) is 0 Å². The summed E-state index contributed by atoms with van der Waals surface area (Å²) in [5.41, 5.74) is 7.93. The maximum atomic E-state index is 13.5. The molecule has 0 radical (unpaired) electrons. The maximum Gasteiger partial charge on any atom is 0.197 e. The smallest absolute Gasteiger partial charge is 0.197 e. The van der Waals surface area contributed by atoms with Gasteiger partial charge >= 0.3 is 0 Å². The number of aromatic amines is 1. The fraction of sp³-hybridized carbons (Fsp3) is 0.0625. The molecule has 0 amide bonds. The third-order valence-corrected chi connectivity index (χ3v) is 5.18. The molecule has 0 fully saturated rings. The van der Waals surface area contributed by atoms with E-state index in [1.54, 1.807) is 6.07 Å². The molecule has 3 rings (SSSR count). The van der Waals surface area contributed by atoms with Gasteiger partial charge in [0.05, 0.1) is 25.6 Å². The number of hydrogen-bond donors (Lipinski definition) is 2. The van der Waals surface area contributed by atoms with Crippen LogP contribution in [0.2, 0.25) is 10.0 Å². The van der Waals surface area contributed by atoms with E-state index in [9.17, 15) is 9.18 Å². The zero-order valence-corrected chi connectivity index (χ0v) is 14.9. The van der Waals surface area contributed by atoms with Crippen molar-refractivity contribution in [3.63, 3.8) is 0 Å². The summed E-state index contributed by atoms with van der Waals surface area (Å²) in [6.45, 7) is 1.82. The van der Waals surface area contributed by atoms with Gasteiger partial charge in [0.1, 0.15) is 5.82 Å². The number of nitrogens with two attached hydrogens (primary N) is 1. The summed E-state index contributed by atoms with van der Waals surface area (Å²) in [5, 5.41) is 1.40. The number of aryl methyl sites for hydroxylation is 1. The van der Waals surface area contributed by atoms with Crippen molar-refractivity contribution in [3.8, 4) is 0 Å². The van der Waals surface area contributed by atoms with E-state index in [0.717, 1.165) is 11.8 Å². The highest BCUT2D eigenvalue weighted by atomic mass is 79.9. The van der Waals surface area contributed by atoms with Crippen LogP contribution >= 0.6 is 39.1 Å².